The van der Waals surface area contributed by atoms with Crippen LogP contribution in [0.1, 0.15) is 67.2 Å². The number of carbonyl (C=O) groups is 1. The highest BCUT2D eigenvalue weighted by molar-refractivity contribution is 5.82. The van der Waals surface area contributed by atoms with Crippen LogP contribution in [0.4, 0.5) is 0 Å². The van der Waals surface area contributed by atoms with Crippen molar-refractivity contribution in [3.8, 4) is 6.07 Å². The van der Waals surface area contributed by atoms with E-state index in [-0.39, 0.29) is 16.7 Å². The number of rotatable bonds is 6. The van der Waals surface area contributed by atoms with E-state index in [1.165, 1.54) is 0 Å². The Morgan fingerprint density at radius 2 is 1.83 bits per heavy atom. The normalized spacial score (nSPS) is 20.2. The minimum atomic E-state index is -0.759. The lowest BCUT2D eigenvalue weighted by molar-refractivity contribution is -0.125. The van der Waals surface area contributed by atoms with E-state index in [1.54, 1.807) is 0 Å². The summed E-state index contributed by atoms with van der Waals surface area (Å²) in [6.45, 7) is 15.7. The Labute approximate surface area is 148 Å². The largest absolute Gasteiger partial charge is 0.336 e. The molecule has 1 fully saturated rings. The summed E-state index contributed by atoms with van der Waals surface area (Å²) in [6, 6.07) is 1.76. The van der Waals surface area contributed by atoms with E-state index in [0.717, 1.165) is 26.1 Å². The fourth-order valence-electron chi connectivity index (χ4n) is 3.02. The number of nitrogens with zero attached hydrogens (tertiary/aromatic N) is 2. The topological polar surface area (TPSA) is 82.2 Å². The van der Waals surface area contributed by atoms with Gasteiger partial charge in [-0.25, -0.2) is 0 Å². The molecule has 1 heterocycles. The first kappa shape index (κ1) is 20.9. The molecule has 1 rings (SSSR count). The Bertz CT molecular complexity index is 465. The third-order valence-electron chi connectivity index (χ3n) is 5.92. The number of hydrogen-bond donors (Lipinski definition) is 2. The Morgan fingerprint density at radius 3 is 2.25 bits per heavy atom. The van der Waals surface area contributed by atoms with Crippen LogP contribution in [0.3, 0.4) is 0 Å². The molecule has 0 aromatic carbocycles. The van der Waals surface area contributed by atoms with Gasteiger partial charge in [0, 0.05) is 13.1 Å². The third-order valence-corrected chi connectivity index (χ3v) is 5.92. The maximum atomic E-state index is 12.6. The molecule has 1 aliphatic heterocycles. The molecule has 5 heteroatoms. The lowest BCUT2D eigenvalue weighted by Gasteiger charge is -2.41. The molecular weight excluding hydrogens is 300 g/mol. The summed E-state index contributed by atoms with van der Waals surface area (Å²) in [7, 11) is 0. The smallest absolute Gasteiger partial charge is 0.238 e. The van der Waals surface area contributed by atoms with Crippen molar-refractivity contribution in [1.29, 1.82) is 5.26 Å². The van der Waals surface area contributed by atoms with E-state index in [9.17, 15) is 10.1 Å². The van der Waals surface area contributed by atoms with E-state index >= 15 is 0 Å². The van der Waals surface area contributed by atoms with Gasteiger partial charge >= 0.3 is 0 Å². The number of nitrogens with two attached hydrogens (primary N) is 1. The molecule has 0 saturated carbocycles. The zero-order valence-corrected chi connectivity index (χ0v) is 16.4. The van der Waals surface area contributed by atoms with Gasteiger partial charge in [-0.2, -0.15) is 5.26 Å². The molecule has 1 unspecified atom stereocenters. The first-order valence-electron chi connectivity index (χ1n) is 9.17. The van der Waals surface area contributed by atoms with E-state index in [2.05, 4.69) is 57.8 Å². The second-order valence-electron chi connectivity index (χ2n) is 8.97. The first-order chi connectivity index (χ1) is 11.0. The van der Waals surface area contributed by atoms with Gasteiger partial charge in [-0.1, -0.05) is 41.5 Å². The van der Waals surface area contributed by atoms with Gasteiger partial charge in [0.05, 0.1) is 12.1 Å². The average molecular weight is 337 g/mol. The van der Waals surface area contributed by atoms with Crippen molar-refractivity contribution in [2.45, 2.75) is 78.8 Å². The molecule has 0 aromatic rings. The molecule has 5 nitrogen and oxygen atoms in total. The SMILES string of the molecule is CCCN1CCC(C#N)(NC(=O)C(N)CC(C)(C)C(C)(C)C)CC1. The van der Waals surface area contributed by atoms with Gasteiger partial charge in [0.1, 0.15) is 5.54 Å². The van der Waals surface area contributed by atoms with Crippen LogP contribution in [-0.2, 0) is 4.79 Å². The average Bonchev–Trinajstić information content (AvgIpc) is 2.48. The lowest BCUT2D eigenvalue weighted by atomic mass is 9.66. The predicted octanol–water partition coefficient (Wildman–Crippen LogP) is 2.66. The fourth-order valence-corrected chi connectivity index (χ4v) is 3.02. The molecule has 1 saturated heterocycles. The van der Waals surface area contributed by atoms with Crippen LogP contribution in [0.2, 0.25) is 0 Å². The summed E-state index contributed by atoms with van der Waals surface area (Å²) in [4.78, 5) is 14.9. The van der Waals surface area contributed by atoms with Crippen LogP contribution in [0.5, 0.6) is 0 Å². The van der Waals surface area contributed by atoms with Crippen molar-refractivity contribution >= 4 is 5.91 Å². The molecular formula is C19H36N4O. The molecule has 0 aromatic heterocycles. The Morgan fingerprint density at radius 1 is 1.29 bits per heavy atom. The van der Waals surface area contributed by atoms with Crippen LogP contribution in [-0.4, -0.2) is 42.0 Å². The highest BCUT2D eigenvalue weighted by Gasteiger charge is 2.40. The van der Waals surface area contributed by atoms with Gasteiger partial charge in [-0.3, -0.25) is 4.79 Å². The van der Waals surface area contributed by atoms with E-state index in [4.69, 9.17) is 5.73 Å². The van der Waals surface area contributed by atoms with Crippen LogP contribution in [0.25, 0.3) is 0 Å². The lowest BCUT2D eigenvalue weighted by Crippen LogP contribution is -2.58. The van der Waals surface area contributed by atoms with Gasteiger partial charge < -0.3 is 16.0 Å². The quantitative estimate of drug-likeness (QED) is 0.781. The van der Waals surface area contributed by atoms with Crippen molar-refractivity contribution in [2.24, 2.45) is 16.6 Å². The van der Waals surface area contributed by atoms with Gasteiger partial charge in [0.2, 0.25) is 5.91 Å². The maximum absolute atomic E-state index is 12.6. The zero-order valence-electron chi connectivity index (χ0n) is 16.4. The number of carbonyl (C=O) groups excluding carboxylic acids is 1. The van der Waals surface area contributed by atoms with Crippen molar-refractivity contribution in [3.63, 3.8) is 0 Å². The summed E-state index contributed by atoms with van der Waals surface area (Å²) < 4.78 is 0. The maximum Gasteiger partial charge on any atom is 0.238 e. The van der Waals surface area contributed by atoms with E-state index in [1.807, 2.05) is 0 Å². The zero-order chi connectivity index (χ0) is 18.6. The summed E-state index contributed by atoms with van der Waals surface area (Å²) in [5, 5.41) is 12.6. The third kappa shape index (κ3) is 5.19. The molecule has 0 bridgehead atoms. The van der Waals surface area contributed by atoms with E-state index in [0.29, 0.717) is 19.3 Å². The Kier molecular flexibility index (Phi) is 6.84. The molecule has 0 spiro atoms. The summed E-state index contributed by atoms with van der Waals surface area (Å²) in [6.07, 6.45) is 3.06. The number of piperidine rings is 1. The number of likely N-dealkylation sites (tertiary alicyclic amines) is 1. The summed E-state index contributed by atoms with van der Waals surface area (Å²) in [5.74, 6) is -0.196. The van der Waals surface area contributed by atoms with Crippen molar-refractivity contribution in [3.05, 3.63) is 0 Å². The molecule has 0 radical (unpaired) electrons. The van der Waals surface area contributed by atoms with Crippen molar-refractivity contribution in [2.75, 3.05) is 19.6 Å². The highest BCUT2D eigenvalue weighted by Crippen LogP contribution is 2.41. The number of nitrogens with one attached hydrogen (secondary N) is 1. The van der Waals surface area contributed by atoms with Gasteiger partial charge in [0.15, 0.2) is 0 Å². The van der Waals surface area contributed by atoms with Gasteiger partial charge in [-0.15, -0.1) is 0 Å². The Balaban J connectivity index is 2.67. The van der Waals surface area contributed by atoms with Crippen LogP contribution < -0.4 is 11.1 Å². The molecule has 1 atom stereocenters. The van der Waals surface area contributed by atoms with Crippen LogP contribution in [0, 0.1) is 22.2 Å². The standard InChI is InChI=1S/C19H36N4O/c1-7-10-23-11-8-19(14-20,9-12-23)22-16(24)15(21)13-18(5,6)17(2,3)4/h15H,7-13,21H2,1-6H3,(H,22,24). The molecule has 1 amide bonds. The first-order valence-corrected chi connectivity index (χ1v) is 9.17. The molecule has 0 aliphatic carbocycles. The minimum Gasteiger partial charge on any atom is -0.336 e. The molecule has 3 N–H and O–H groups in total. The highest BCUT2D eigenvalue weighted by atomic mass is 16.2. The predicted molar refractivity (Wildman–Crippen MR) is 98.3 cm³/mol. The molecule has 1 aliphatic rings. The monoisotopic (exact) mass is 336 g/mol. The summed E-state index contributed by atoms with van der Waals surface area (Å²) >= 11 is 0. The van der Waals surface area contributed by atoms with Crippen LogP contribution >= 0.6 is 0 Å². The van der Waals surface area contributed by atoms with Crippen molar-refractivity contribution in [1.82, 2.24) is 10.2 Å². The number of hydrogen-bond acceptors (Lipinski definition) is 4. The number of nitriles is 1. The number of amides is 1. The summed E-state index contributed by atoms with van der Waals surface area (Å²) in [5.41, 5.74) is 5.41. The second-order valence-corrected chi connectivity index (χ2v) is 8.97. The fraction of sp³-hybridized carbons (Fsp3) is 0.895. The minimum absolute atomic E-state index is 0.0588. The Hall–Kier alpha value is -1.12. The van der Waals surface area contributed by atoms with Gasteiger partial charge in [0.25, 0.3) is 0 Å². The molecule has 138 valence electrons. The van der Waals surface area contributed by atoms with Crippen LogP contribution in [0.15, 0.2) is 0 Å². The van der Waals surface area contributed by atoms with Gasteiger partial charge in [-0.05, 0) is 43.1 Å². The molecule has 24 heavy (non-hydrogen) atoms. The van der Waals surface area contributed by atoms with E-state index < -0.39 is 11.6 Å². The second kappa shape index (κ2) is 7.84. The van der Waals surface area contributed by atoms with Crippen molar-refractivity contribution < 1.29 is 4.79 Å².